The number of benzene rings is 1. The molecule has 0 bridgehead atoms. The van der Waals surface area contributed by atoms with Gasteiger partial charge >= 0.3 is 0 Å². The number of allylic oxidation sites excluding steroid dienone is 1. The number of carbonyl (C=O) groups is 1. The maximum absolute atomic E-state index is 11.9. The fraction of sp³-hybridized carbons (Fsp3) is 0.286. The van der Waals surface area contributed by atoms with E-state index >= 15 is 0 Å². The third kappa shape index (κ3) is 2.94. The van der Waals surface area contributed by atoms with E-state index in [1.807, 2.05) is 6.92 Å². The monoisotopic (exact) mass is 229 g/mol. The maximum Gasteiger partial charge on any atom is 0.179 e. The summed E-state index contributed by atoms with van der Waals surface area (Å²) in [4.78, 5) is 11.9. The van der Waals surface area contributed by atoms with Gasteiger partial charge in [-0.15, -0.1) is 0 Å². The summed E-state index contributed by atoms with van der Waals surface area (Å²) in [6, 6.07) is 10.4. The second kappa shape index (κ2) is 5.86. The molecule has 3 heteroatoms. The van der Waals surface area contributed by atoms with Gasteiger partial charge in [-0.1, -0.05) is 44.2 Å². The van der Waals surface area contributed by atoms with Crippen molar-refractivity contribution in [3.05, 3.63) is 41.5 Å². The highest BCUT2D eigenvalue weighted by Crippen LogP contribution is 2.19. The molecule has 0 spiro atoms. The van der Waals surface area contributed by atoms with Gasteiger partial charge in [-0.25, -0.2) is 0 Å². The van der Waals surface area contributed by atoms with Crippen LogP contribution in [0.15, 0.2) is 35.9 Å². The van der Waals surface area contributed by atoms with Gasteiger partial charge in [-0.2, -0.15) is 5.26 Å². The number of hydrogen-bond acceptors (Lipinski definition) is 3. The van der Waals surface area contributed by atoms with Crippen LogP contribution in [-0.2, 0) is 4.79 Å². The lowest BCUT2D eigenvalue weighted by Gasteiger charge is -2.08. The van der Waals surface area contributed by atoms with Gasteiger partial charge < -0.3 is 5.11 Å². The highest BCUT2D eigenvalue weighted by Gasteiger charge is 2.20. The van der Waals surface area contributed by atoms with Crippen molar-refractivity contribution in [2.45, 2.75) is 20.3 Å². The van der Waals surface area contributed by atoms with Gasteiger partial charge in [0.05, 0.1) is 0 Å². The zero-order chi connectivity index (χ0) is 12.8. The molecule has 1 rings (SSSR count). The van der Waals surface area contributed by atoms with Crippen molar-refractivity contribution in [1.29, 1.82) is 5.26 Å². The van der Waals surface area contributed by atoms with Crippen LogP contribution in [0.25, 0.3) is 5.76 Å². The van der Waals surface area contributed by atoms with Gasteiger partial charge in [0, 0.05) is 11.5 Å². The molecule has 1 aromatic rings. The maximum atomic E-state index is 11.9. The average molecular weight is 229 g/mol. The Kier molecular flexibility index (Phi) is 4.47. The molecular formula is C14H15NO2. The van der Waals surface area contributed by atoms with Crippen LogP contribution < -0.4 is 0 Å². The third-order valence-electron chi connectivity index (χ3n) is 2.70. The Labute approximate surface area is 101 Å². The Bertz CT molecular complexity index is 469. The predicted octanol–water partition coefficient (Wildman–Crippen LogP) is 3.09. The topological polar surface area (TPSA) is 61.1 Å². The molecular weight excluding hydrogens is 214 g/mol. The molecule has 88 valence electrons. The fourth-order valence-corrected chi connectivity index (χ4v) is 1.40. The summed E-state index contributed by atoms with van der Waals surface area (Å²) in [5.74, 6) is -0.801. The van der Waals surface area contributed by atoms with Crippen LogP contribution in [0.3, 0.4) is 0 Å². The molecule has 3 nitrogen and oxygen atoms in total. The Morgan fingerprint density at radius 1 is 1.41 bits per heavy atom. The number of hydrogen-bond donors (Lipinski definition) is 1. The lowest BCUT2D eigenvalue weighted by Crippen LogP contribution is -2.13. The molecule has 0 saturated carbocycles. The van der Waals surface area contributed by atoms with Crippen LogP contribution in [0.5, 0.6) is 0 Å². The number of nitrogens with zero attached hydrogens (tertiary/aromatic N) is 1. The van der Waals surface area contributed by atoms with E-state index in [9.17, 15) is 9.90 Å². The van der Waals surface area contributed by atoms with E-state index in [2.05, 4.69) is 0 Å². The highest BCUT2D eigenvalue weighted by molar-refractivity contribution is 6.06. The number of ketones is 1. The first kappa shape index (κ1) is 13.0. The molecule has 17 heavy (non-hydrogen) atoms. The second-order valence-electron chi connectivity index (χ2n) is 3.87. The fourth-order valence-electron chi connectivity index (χ4n) is 1.40. The molecule has 0 aliphatic heterocycles. The van der Waals surface area contributed by atoms with Crippen LogP contribution in [0.4, 0.5) is 0 Å². The van der Waals surface area contributed by atoms with Crippen LogP contribution in [0.1, 0.15) is 25.8 Å². The van der Waals surface area contributed by atoms with Gasteiger partial charge in [-0.05, 0) is 6.42 Å². The minimum atomic E-state index is -0.309. The normalized spacial score (nSPS) is 13.5. The number of Topliss-reactive ketones (excluding diaryl/α,β-unsaturated/α-hetero) is 1. The molecule has 0 fully saturated rings. The summed E-state index contributed by atoms with van der Waals surface area (Å²) < 4.78 is 0. The summed E-state index contributed by atoms with van der Waals surface area (Å²) in [7, 11) is 0. The molecule has 0 aromatic heterocycles. The van der Waals surface area contributed by atoms with Gasteiger partial charge in [-0.3, -0.25) is 4.79 Å². The van der Waals surface area contributed by atoms with Crippen molar-refractivity contribution in [1.82, 2.24) is 0 Å². The van der Waals surface area contributed by atoms with E-state index in [-0.39, 0.29) is 23.0 Å². The number of nitriles is 1. The smallest absolute Gasteiger partial charge is 0.179 e. The molecule has 1 aromatic carbocycles. The Hall–Kier alpha value is -2.08. The van der Waals surface area contributed by atoms with Crippen molar-refractivity contribution in [2.24, 2.45) is 5.92 Å². The molecule has 0 aliphatic rings. The van der Waals surface area contributed by atoms with Crippen LogP contribution >= 0.6 is 0 Å². The van der Waals surface area contributed by atoms with Crippen LogP contribution in [-0.4, -0.2) is 10.9 Å². The van der Waals surface area contributed by atoms with Gasteiger partial charge in [0.2, 0.25) is 0 Å². The van der Waals surface area contributed by atoms with E-state index in [1.165, 1.54) is 0 Å². The largest absolute Gasteiger partial charge is 0.506 e. The third-order valence-corrected chi connectivity index (χ3v) is 2.70. The van der Waals surface area contributed by atoms with E-state index < -0.39 is 0 Å². The van der Waals surface area contributed by atoms with E-state index in [0.717, 1.165) is 0 Å². The van der Waals surface area contributed by atoms with Crippen LogP contribution in [0.2, 0.25) is 0 Å². The van der Waals surface area contributed by atoms with E-state index in [4.69, 9.17) is 5.26 Å². The highest BCUT2D eigenvalue weighted by atomic mass is 16.3. The Balaban J connectivity index is 3.17. The van der Waals surface area contributed by atoms with Crippen molar-refractivity contribution < 1.29 is 9.90 Å². The molecule has 1 unspecified atom stereocenters. The summed E-state index contributed by atoms with van der Waals surface area (Å²) in [6.07, 6.45) is 0.645. The Morgan fingerprint density at radius 2 is 2.00 bits per heavy atom. The summed E-state index contributed by atoms with van der Waals surface area (Å²) in [6.45, 7) is 3.62. The molecule has 0 aliphatic carbocycles. The lowest BCUT2D eigenvalue weighted by molar-refractivity contribution is -0.118. The first-order chi connectivity index (χ1) is 8.11. The summed E-state index contributed by atoms with van der Waals surface area (Å²) in [5, 5.41) is 18.9. The lowest BCUT2D eigenvalue weighted by atomic mass is 9.95. The van der Waals surface area contributed by atoms with Crippen molar-refractivity contribution in [3.63, 3.8) is 0 Å². The van der Waals surface area contributed by atoms with Gasteiger partial charge in [0.25, 0.3) is 0 Å². The molecule has 1 N–H and O–H groups in total. The first-order valence-corrected chi connectivity index (χ1v) is 5.54. The number of aliphatic hydroxyl groups is 1. The molecule has 0 heterocycles. The van der Waals surface area contributed by atoms with Crippen LogP contribution in [0, 0.1) is 17.2 Å². The van der Waals surface area contributed by atoms with Crippen molar-refractivity contribution in [3.8, 4) is 6.07 Å². The minimum Gasteiger partial charge on any atom is -0.506 e. The number of carbonyl (C=O) groups excluding carboxylic acids is 1. The zero-order valence-corrected chi connectivity index (χ0v) is 9.97. The van der Waals surface area contributed by atoms with Crippen molar-refractivity contribution >= 4 is 11.5 Å². The summed E-state index contributed by atoms with van der Waals surface area (Å²) in [5.41, 5.74) is 0.325. The molecule has 1 atom stereocenters. The predicted molar refractivity (Wildman–Crippen MR) is 66.1 cm³/mol. The zero-order valence-electron chi connectivity index (χ0n) is 9.97. The number of rotatable bonds is 4. The number of aliphatic hydroxyl groups excluding tert-OH is 1. The molecule has 0 saturated heterocycles. The summed E-state index contributed by atoms with van der Waals surface area (Å²) >= 11 is 0. The minimum absolute atomic E-state index is 0.162. The van der Waals surface area contributed by atoms with E-state index in [0.29, 0.717) is 12.0 Å². The first-order valence-electron chi connectivity index (χ1n) is 5.54. The second-order valence-corrected chi connectivity index (χ2v) is 3.87. The Morgan fingerprint density at radius 3 is 2.47 bits per heavy atom. The standard InChI is InChI=1S/C14H15NO2/c1-3-10(2)13(16)12(9-15)14(17)11-7-5-4-6-8-11/h4-8,10,17H,3H2,1-2H3/b14-12-. The van der Waals surface area contributed by atoms with Gasteiger partial charge in [0.1, 0.15) is 17.4 Å². The van der Waals surface area contributed by atoms with Gasteiger partial charge in [0.15, 0.2) is 5.78 Å². The SMILES string of the molecule is CCC(C)C(=O)/C(C#N)=C(\O)c1ccccc1. The quantitative estimate of drug-likeness (QED) is 0.490. The van der Waals surface area contributed by atoms with Crippen molar-refractivity contribution in [2.75, 3.05) is 0 Å². The average Bonchev–Trinajstić information content (AvgIpc) is 2.39. The molecule has 0 radical (unpaired) electrons. The molecule has 0 amide bonds. The van der Waals surface area contributed by atoms with E-state index in [1.54, 1.807) is 43.3 Å².